The average Bonchev–Trinajstić information content (AvgIpc) is 3.21. The van der Waals surface area contributed by atoms with Crippen molar-refractivity contribution in [1.82, 2.24) is 14.5 Å². The number of fused-ring (bicyclic) bond motifs is 1. The lowest BCUT2D eigenvalue weighted by atomic mass is 10.3. The van der Waals surface area contributed by atoms with Crippen molar-refractivity contribution in [2.75, 3.05) is 5.32 Å². The summed E-state index contributed by atoms with van der Waals surface area (Å²) in [7, 11) is 1.99. The molecule has 0 bridgehead atoms. The van der Waals surface area contributed by atoms with Crippen LogP contribution in [0.1, 0.15) is 9.67 Å². The van der Waals surface area contributed by atoms with E-state index in [2.05, 4.69) is 15.3 Å². The molecule has 0 aliphatic rings. The predicted octanol–water partition coefficient (Wildman–Crippen LogP) is 3.95. The fourth-order valence-electron chi connectivity index (χ4n) is 2.57. The van der Waals surface area contributed by atoms with Gasteiger partial charge < -0.3 is 9.88 Å². The van der Waals surface area contributed by atoms with Crippen LogP contribution in [-0.4, -0.2) is 20.4 Å². The van der Waals surface area contributed by atoms with Gasteiger partial charge in [0.15, 0.2) is 5.82 Å². The van der Waals surface area contributed by atoms with E-state index in [1.807, 2.05) is 48.0 Å². The molecule has 1 amide bonds. The quantitative estimate of drug-likeness (QED) is 0.617. The van der Waals surface area contributed by atoms with Crippen LogP contribution in [0.25, 0.3) is 21.7 Å². The van der Waals surface area contributed by atoms with Gasteiger partial charge in [-0.3, -0.25) is 9.78 Å². The van der Waals surface area contributed by atoms with Gasteiger partial charge in [-0.1, -0.05) is 12.1 Å². The second kappa shape index (κ2) is 5.90. The number of carbonyl (C=O) groups is 1. The van der Waals surface area contributed by atoms with Crippen LogP contribution in [0.5, 0.6) is 0 Å². The highest BCUT2D eigenvalue weighted by molar-refractivity contribution is 7.17. The van der Waals surface area contributed by atoms with Gasteiger partial charge in [0.05, 0.1) is 20.8 Å². The molecule has 0 aliphatic carbocycles. The van der Waals surface area contributed by atoms with Gasteiger partial charge in [0.2, 0.25) is 0 Å². The molecule has 4 rings (SSSR count). The normalized spacial score (nSPS) is 10.9. The lowest BCUT2D eigenvalue weighted by Crippen LogP contribution is -2.09. The van der Waals surface area contributed by atoms with Crippen LogP contribution in [0.2, 0.25) is 0 Å². The van der Waals surface area contributed by atoms with Gasteiger partial charge in [-0.15, -0.1) is 11.3 Å². The standard InChI is InChI=1S/C18H14N4OS/c1-22-14-5-3-2-4-13(14)21-17(22)15-6-7-16(24-15)18(23)20-12-8-10-19-11-9-12/h2-11H,1H3,(H,19,20,23). The summed E-state index contributed by atoms with van der Waals surface area (Å²) >= 11 is 1.43. The van der Waals surface area contributed by atoms with E-state index < -0.39 is 0 Å². The summed E-state index contributed by atoms with van der Waals surface area (Å²) in [5, 5.41) is 2.87. The number of thiophene rings is 1. The Hall–Kier alpha value is -2.99. The second-order valence-corrected chi connectivity index (χ2v) is 6.42. The van der Waals surface area contributed by atoms with Crippen molar-refractivity contribution in [3.8, 4) is 10.7 Å². The molecule has 0 unspecified atom stereocenters. The first-order valence-corrected chi connectivity index (χ1v) is 8.27. The summed E-state index contributed by atoms with van der Waals surface area (Å²) in [6, 6.07) is 15.3. The maximum absolute atomic E-state index is 12.4. The Morgan fingerprint density at radius 1 is 1.08 bits per heavy atom. The van der Waals surface area contributed by atoms with Crippen molar-refractivity contribution < 1.29 is 4.79 Å². The fourth-order valence-corrected chi connectivity index (χ4v) is 3.50. The van der Waals surface area contributed by atoms with Crippen molar-refractivity contribution >= 4 is 34.0 Å². The van der Waals surface area contributed by atoms with Gasteiger partial charge in [-0.2, -0.15) is 0 Å². The molecule has 1 N–H and O–H groups in total. The van der Waals surface area contributed by atoms with Gasteiger partial charge >= 0.3 is 0 Å². The molecular weight excluding hydrogens is 320 g/mol. The van der Waals surface area contributed by atoms with Crippen LogP contribution >= 0.6 is 11.3 Å². The van der Waals surface area contributed by atoms with Gasteiger partial charge in [-0.05, 0) is 36.4 Å². The molecule has 0 spiro atoms. The molecule has 0 aliphatic heterocycles. The van der Waals surface area contributed by atoms with E-state index in [0.29, 0.717) is 4.88 Å². The maximum Gasteiger partial charge on any atom is 0.265 e. The topological polar surface area (TPSA) is 59.8 Å². The monoisotopic (exact) mass is 334 g/mol. The summed E-state index contributed by atoms with van der Waals surface area (Å²) in [4.78, 5) is 22.6. The highest BCUT2D eigenvalue weighted by atomic mass is 32.1. The zero-order valence-corrected chi connectivity index (χ0v) is 13.7. The number of hydrogen-bond acceptors (Lipinski definition) is 4. The van der Waals surface area contributed by atoms with Gasteiger partial charge in [0.25, 0.3) is 5.91 Å². The number of anilines is 1. The van der Waals surface area contributed by atoms with Crippen LogP contribution in [0, 0.1) is 0 Å². The second-order valence-electron chi connectivity index (χ2n) is 5.34. The van der Waals surface area contributed by atoms with Crippen LogP contribution in [0.15, 0.2) is 60.9 Å². The molecule has 24 heavy (non-hydrogen) atoms. The fraction of sp³-hybridized carbons (Fsp3) is 0.0556. The van der Waals surface area contributed by atoms with Crippen molar-refractivity contribution in [3.05, 3.63) is 65.8 Å². The molecule has 0 saturated carbocycles. The van der Waals surface area contributed by atoms with E-state index in [0.717, 1.165) is 27.4 Å². The molecule has 4 aromatic rings. The van der Waals surface area contributed by atoms with Gasteiger partial charge in [-0.25, -0.2) is 4.98 Å². The van der Waals surface area contributed by atoms with Crippen LogP contribution in [0.3, 0.4) is 0 Å². The Morgan fingerprint density at radius 3 is 2.67 bits per heavy atom. The number of aryl methyl sites for hydroxylation is 1. The lowest BCUT2D eigenvalue weighted by Gasteiger charge is -2.02. The number of amides is 1. The Balaban J connectivity index is 1.64. The highest BCUT2D eigenvalue weighted by Gasteiger charge is 2.15. The van der Waals surface area contributed by atoms with Gasteiger partial charge in [0, 0.05) is 25.1 Å². The SMILES string of the molecule is Cn1c(-c2ccc(C(=O)Nc3ccncc3)s2)nc2ccccc21. The van der Waals surface area contributed by atoms with E-state index in [4.69, 9.17) is 0 Å². The summed E-state index contributed by atoms with van der Waals surface area (Å²) in [5.74, 6) is 0.736. The molecule has 5 nitrogen and oxygen atoms in total. The molecule has 0 fully saturated rings. The zero-order chi connectivity index (χ0) is 16.5. The number of rotatable bonds is 3. The van der Waals surface area contributed by atoms with Crippen molar-refractivity contribution in [1.29, 1.82) is 0 Å². The lowest BCUT2D eigenvalue weighted by molar-refractivity contribution is 0.103. The summed E-state index contributed by atoms with van der Waals surface area (Å²) in [5.41, 5.74) is 2.75. The summed E-state index contributed by atoms with van der Waals surface area (Å²) < 4.78 is 2.05. The highest BCUT2D eigenvalue weighted by Crippen LogP contribution is 2.30. The number of nitrogens with zero attached hydrogens (tertiary/aromatic N) is 3. The smallest absolute Gasteiger partial charge is 0.265 e. The third-order valence-electron chi connectivity index (χ3n) is 3.78. The van der Waals surface area contributed by atoms with E-state index in [1.54, 1.807) is 24.5 Å². The molecule has 3 heterocycles. The maximum atomic E-state index is 12.4. The van der Waals surface area contributed by atoms with Crippen molar-refractivity contribution in [3.63, 3.8) is 0 Å². The molecule has 0 saturated heterocycles. The number of carbonyl (C=O) groups excluding carboxylic acids is 1. The Labute approximate surface area is 142 Å². The number of nitrogens with one attached hydrogen (secondary N) is 1. The number of aromatic nitrogens is 3. The third kappa shape index (κ3) is 2.57. The predicted molar refractivity (Wildman–Crippen MR) is 96.2 cm³/mol. The molecular formula is C18H14N4OS. The minimum atomic E-state index is -0.129. The molecule has 3 aromatic heterocycles. The van der Waals surface area contributed by atoms with Crippen molar-refractivity contribution in [2.24, 2.45) is 7.05 Å². The number of benzene rings is 1. The van der Waals surface area contributed by atoms with E-state index >= 15 is 0 Å². The van der Waals surface area contributed by atoms with E-state index in [9.17, 15) is 4.79 Å². The first-order chi connectivity index (χ1) is 11.7. The Bertz CT molecular complexity index is 1020. The minimum absolute atomic E-state index is 0.129. The summed E-state index contributed by atoms with van der Waals surface area (Å²) in [6.07, 6.45) is 3.30. The summed E-state index contributed by atoms with van der Waals surface area (Å²) in [6.45, 7) is 0. The molecule has 0 radical (unpaired) electrons. The Morgan fingerprint density at radius 2 is 1.88 bits per heavy atom. The largest absolute Gasteiger partial charge is 0.326 e. The molecule has 0 atom stereocenters. The van der Waals surface area contributed by atoms with Crippen LogP contribution in [-0.2, 0) is 7.05 Å². The number of pyridine rings is 1. The minimum Gasteiger partial charge on any atom is -0.326 e. The van der Waals surface area contributed by atoms with Crippen LogP contribution < -0.4 is 5.32 Å². The van der Waals surface area contributed by atoms with Crippen molar-refractivity contribution in [2.45, 2.75) is 0 Å². The average molecular weight is 334 g/mol. The zero-order valence-electron chi connectivity index (χ0n) is 12.9. The number of hydrogen-bond donors (Lipinski definition) is 1. The molecule has 118 valence electrons. The third-order valence-corrected chi connectivity index (χ3v) is 4.86. The Kier molecular flexibility index (Phi) is 3.59. The first kappa shape index (κ1) is 14.6. The van der Waals surface area contributed by atoms with Gasteiger partial charge in [0.1, 0.15) is 0 Å². The number of para-hydroxylation sites is 2. The molecule has 6 heteroatoms. The number of imidazole rings is 1. The molecule has 1 aromatic carbocycles. The van der Waals surface area contributed by atoms with Crippen LogP contribution in [0.4, 0.5) is 5.69 Å². The van der Waals surface area contributed by atoms with E-state index in [1.165, 1.54) is 11.3 Å². The first-order valence-electron chi connectivity index (χ1n) is 7.45. The van der Waals surface area contributed by atoms with E-state index in [-0.39, 0.29) is 5.91 Å².